The number of aliphatic hydroxyl groups is 1. The van der Waals surface area contributed by atoms with Gasteiger partial charge < -0.3 is 9.84 Å². The molecule has 12 heavy (non-hydrogen) atoms. The van der Waals surface area contributed by atoms with E-state index in [1.165, 1.54) is 0 Å². The van der Waals surface area contributed by atoms with Gasteiger partial charge in [0.2, 0.25) is 0 Å². The molecule has 1 N–H and O–H groups in total. The lowest BCUT2D eigenvalue weighted by molar-refractivity contribution is -0.0227. The first-order valence-electron chi connectivity index (χ1n) is 4.85. The van der Waals surface area contributed by atoms with E-state index in [1.54, 1.807) is 0 Å². The molecule has 0 bridgehead atoms. The third-order valence-electron chi connectivity index (χ3n) is 2.46. The van der Waals surface area contributed by atoms with Crippen molar-refractivity contribution in [3.05, 3.63) is 0 Å². The third kappa shape index (κ3) is 3.11. The second-order valence-electron chi connectivity index (χ2n) is 4.46. The maximum Gasteiger partial charge on any atom is 0.0631 e. The van der Waals surface area contributed by atoms with Crippen molar-refractivity contribution in [2.24, 2.45) is 0 Å². The van der Waals surface area contributed by atoms with E-state index >= 15 is 0 Å². The maximum absolute atomic E-state index is 9.09. The van der Waals surface area contributed by atoms with E-state index in [9.17, 15) is 0 Å². The highest BCUT2D eigenvalue weighted by atomic mass is 16.5. The molecule has 1 aliphatic rings. The lowest BCUT2D eigenvalue weighted by Gasteiger charge is -2.19. The van der Waals surface area contributed by atoms with Crippen molar-refractivity contribution in [1.29, 1.82) is 0 Å². The molecule has 1 aliphatic heterocycles. The van der Waals surface area contributed by atoms with Crippen LogP contribution in [0.2, 0.25) is 0 Å². The maximum atomic E-state index is 9.09. The van der Waals surface area contributed by atoms with Gasteiger partial charge in [0.25, 0.3) is 0 Å². The average Bonchev–Trinajstić information content (AvgIpc) is 2.26. The van der Waals surface area contributed by atoms with Crippen LogP contribution in [0.5, 0.6) is 0 Å². The minimum atomic E-state index is -0.183. The van der Waals surface area contributed by atoms with Crippen molar-refractivity contribution >= 4 is 0 Å². The lowest BCUT2D eigenvalue weighted by Crippen LogP contribution is -2.20. The summed E-state index contributed by atoms with van der Waals surface area (Å²) in [5.74, 6) is 0. The molecule has 0 amide bonds. The molecule has 72 valence electrons. The van der Waals surface area contributed by atoms with Gasteiger partial charge in [0, 0.05) is 0 Å². The average molecular weight is 172 g/mol. The Hall–Kier alpha value is -0.0800. The Bertz CT molecular complexity index is 141. The summed E-state index contributed by atoms with van der Waals surface area (Å²) in [6.45, 7) is 6.10. The van der Waals surface area contributed by atoms with Crippen LogP contribution in [-0.2, 0) is 4.74 Å². The SMILES string of the molecule is CC(O)CCC1CCC(C)(C)O1. The van der Waals surface area contributed by atoms with Crippen molar-refractivity contribution < 1.29 is 9.84 Å². The van der Waals surface area contributed by atoms with Gasteiger partial charge in [-0.15, -0.1) is 0 Å². The molecule has 1 rings (SSSR count). The van der Waals surface area contributed by atoms with Crippen molar-refractivity contribution in [2.45, 2.75) is 64.3 Å². The zero-order chi connectivity index (χ0) is 9.19. The van der Waals surface area contributed by atoms with Crippen LogP contribution in [0.3, 0.4) is 0 Å². The van der Waals surface area contributed by atoms with Gasteiger partial charge in [-0.05, 0) is 46.5 Å². The van der Waals surface area contributed by atoms with Crippen molar-refractivity contribution in [2.75, 3.05) is 0 Å². The van der Waals surface area contributed by atoms with Crippen LogP contribution >= 0.6 is 0 Å². The van der Waals surface area contributed by atoms with E-state index < -0.39 is 0 Å². The number of hydrogen-bond acceptors (Lipinski definition) is 2. The molecule has 2 heteroatoms. The van der Waals surface area contributed by atoms with Crippen LogP contribution < -0.4 is 0 Å². The first kappa shape index (κ1) is 10.0. The second kappa shape index (κ2) is 3.75. The predicted molar refractivity (Wildman–Crippen MR) is 49.1 cm³/mol. The van der Waals surface area contributed by atoms with Gasteiger partial charge >= 0.3 is 0 Å². The van der Waals surface area contributed by atoms with Gasteiger partial charge in [0.05, 0.1) is 17.8 Å². The van der Waals surface area contributed by atoms with Crippen LogP contribution in [0, 0.1) is 0 Å². The van der Waals surface area contributed by atoms with E-state index in [-0.39, 0.29) is 11.7 Å². The van der Waals surface area contributed by atoms with Gasteiger partial charge in [-0.25, -0.2) is 0 Å². The van der Waals surface area contributed by atoms with Crippen LogP contribution in [0.4, 0.5) is 0 Å². The lowest BCUT2D eigenvalue weighted by atomic mass is 10.0. The number of aliphatic hydroxyl groups excluding tert-OH is 1. The molecule has 0 aromatic heterocycles. The largest absolute Gasteiger partial charge is 0.393 e. The topological polar surface area (TPSA) is 29.5 Å². The summed E-state index contributed by atoms with van der Waals surface area (Å²) in [5, 5.41) is 9.09. The van der Waals surface area contributed by atoms with E-state index in [4.69, 9.17) is 9.84 Å². The Morgan fingerprint density at radius 2 is 2.25 bits per heavy atom. The normalized spacial score (nSPS) is 30.5. The van der Waals surface area contributed by atoms with Gasteiger partial charge in [-0.3, -0.25) is 0 Å². The molecule has 0 aromatic carbocycles. The molecule has 1 heterocycles. The van der Waals surface area contributed by atoms with Crippen molar-refractivity contribution in [3.8, 4) is 0 Å². The van der Waals surface area contributed by atoms with E-state index in [2.05, 4.69) is 13.8 Å². The highest BCUT2D eigenvalue weighted by molar-refractivity contribution is 4.80. The van der Waals surface area contributed by atoms with E-state index in [1.807, 2.05) is 6.92 Å². The molecule has 2 nitrogen and oxygen atoms in total. The van der Waals surface area contributed by atoms with Crippen LogP contribution in [-0.4, -0.2) is 22.9 Å². The number of rotatable bonds is 3. The molecule has 0 aromatic rings. The summed E-state index contributed by atoms with van der Waals surface area (Å²) in [7, 11) is 0. The predicted octanol–water partition coefficient (Wildman–Crippen LogP) is 2.10. The molecule has 2 atom stereocenters. The summed E-state index contributed by atoms with van der Waals surface area (Å²) < 4.78 is 5.79. The van der Waals surface area contributed by atoms with Crippen LogP contribution in [0.25, 0.3) is 0 Å². The van der Waals surface area contributed by atoms with Gasteiger partial charge in [0.1, 0.15) is 0 Å². The fraction of sp³-hybridized carbons (Fsp3) is 1.00. The van der Waals surface area contributed by atoms with Crippen molar-refractivity contribution in [3.63, 3.8) is 0 Å². The highest BCUT2D eigenvalue weighted by Crippen LogP contribution is 2.31. The number of hydrogen-bond donors (Lipinski definition) is 1. The van der Waals surface area contributed by atoms with Gasteiger partial charge in [0.15, 0.2) is 0 Å². The van der Waals surface area contributed by atoms with Crippen molar-refractivity contribution in [1.82, 2.24) is 0 Å². The minimum Gasteiger partial charge on any atom is -0.393 e. The third-order valence-corrected chi connectivity index (χ3v) is 2.46. The minimum absolute atomic E-state index is 0.0728. The summed E-state index contributed by atoms with van der Waals surface area (Å²) in [4.78, 5) is 0. The molecule has 2 unspecified atom stereocenters. The summed E-state index contributed by atoms with van der Waals surface area (Å²) in [6.07, 6.45) is 4.37. The zero-order valence-electron chi connectivity index (χ0n) is 8.34. The first-order chi connectivity index (χ1) is 5.49. The van der Waals surface area contributed by atoms with Gasteiger partial charge in [-0.1, -0.05) is 0 Å². The first-order valence-corrected chi connectivity index (χ1v) is 4.85. The highest BCUT2D eigenvalue weighted by Gasteiger charge is 2.31. The molecule has 0 aliphatic carbocycles. The molecular formula is C10H20O2. The quantitative estimate of drug-likeness (QED) is 0.706. The smallest absolute Gasteiger partial charge is 0.0631 e. The fourth-order valence-corrected chi connectivity index (χ4v) is 1.71. The molecule has 0 spiro atoms. The zero-order valence-corrected chi connectivity index (χ0v) is 8.34. The van der Waals surface area contributed by atoms with Crippen LogP contribution in [0.1, 0.15) is 46.5 Å². The Labute approximate surface area is 74.9 Å². The molecule has 0 radical (unpaired) electrons. The Kier molecular flexibility index (Phi) is 3.13. The summed E-state index contributed by atoms with van der Waals surface area (Å²) >= 11 is 0. The Morgan fingerprint density at radius 1 is 1.58 bits per heavy atom. The summed E-state index contributed by atoms with van der Waals surface area (Å²) in [6, 6.07) is 0. The molecule has 0 saturated carbocycles. The van der Waals surface area contributed by atoms with Crippen LogP contribution in [0.15, 0.2) is 0 Å². The van der Waals surface area contributed by atoms with E-state index in [0.29, 0.717) is 6.10 Å². The van der Waals surface area contributed by atoms with E-state index in [0.717, 1.165) is 25.7 Å². The monoisotopic (exact) mass is 172 g/mol. The fourth-order valence-electron chi connectivity index (χ4n) is 1.71. The Balaban J connectivity index is 2.20. The standard InChI is InChI=1S/C10H20O2/c1-8(11)4-5-9-6-7-10(2,3)12-9/h8-9,11H,4-7H2,1-3H3. The molecule has 1 fully saturated rings. The second-order valence-corrected chi connectivity index (χ2v) is 4.46. The van der Waals surface area contributed by atoms with Gasteiger partial charge in [-0.2, -0.15) is 0 Å². The molecule has 1 saturated heterocycles. The number of ether oxygens (including phenoxy) is 1. The molecular weight excluding hydrogens is 152 g/mol. The Morgan fingerprint density at radius 3 is 2.67 bits per heavy atom. The summed E-state index contributed by atoms with van der Waals surface area (Å²) in [5.41, 5.74) is 0.0728.